The Kier molecular flexibility index (Phi) is 4.73. The fourth-order valence-corrected chi connectivity index (χ4v) is 3.65. The molecule has 6 heteroatoms. The van der Waals surface area contributed by atoms with Crippen LogP contribution in [0.25, 0.3) is 11.2 Å². The number of nitrogens with one attached hydrogen (secondary N) is 1. The second kappa shape index (κ2) is 6.79. The molecule has 0 aromatic carbocycles. The number of rotatable bonds is 4. The molecule has 0 bridgehead atoms. The van der Waals surface area contributed by atoms with Gasteiger partial charge in [-0.1, -0.05) is 19.8 Å². The molecular formula is C18H26N4O2. The summed E-state index contributed by atoms with van der Waals surface area (Å²) in [7, 11) is 0. The molecule has 130 valence electrons. The van der Waals surface area contributed by atoms with Crippen LogP contribution in [0.1, 0.15) is 52.5 Å². The molecule has 6 nitrogen and oxygen atoms in total. The molecule has 1 aliphatic carbocycles. The van der Waals surface area contributed by atoms with Crippen LogP contribution in [0.3, 0.4) is 0 Å². The molecule has 2 atom stereocenters. The van der Waals surface area contributed by atoms with Crippen LogP contribution in [0.2, 0.25) is 0 Å². The van der Waals surface area contributed by atoms with Crippen molar-refractivity contribution in [2.75, 3.05) is 0 Å². The average Bonchev–Trinajstić information content (AvgIpc) is 2.82. The first-order valence-electron chi connectivity index (χ1n) is 8.84. The fourth-order valence-electron chi connectivity index (χ4n) is 3.65. The Bertz CT molecular complexity index is 790. The Hall–Kier alpha value is -2.11. The first kappa shape index (κ1) is 16.7. The molecule has 3 rings (SSSR count). The molecule has 2 heterocycles. The molecule has 2 aromatic rings. The molecule has 0 saturated heterocycles. The number of hydrogen-bond donors (Lipinski definition) is 1. The Morgan fingerprint density at radius 3 is 2.83 bits per heavy atom. The van der Waals surface area contributed by atoms with Gasteiger partial charge in [0.25, 0.3) is 0 Å². The lowest BCUT2D eigenvalue weighted by molar-refractivity contribution is -0.122. The molecule has 0 radical (unpaired) electrons. The summed E-state index contributed by atoms with van der Waals surface area (Å²) < 4.78 is 3.18. The van der Waals surface area contributed by atoms with Crippen LogP contribution in [-0.4, -0.2) is 26.1 Å². The second-order valence-electron chi connectivity index (χ2n) is 7.11. The van der Waals surface area contributed by atoms with Gasteiger partial charge in [0.15, 0.2) is 5.65 Å². The van der Waals surface area contributed by atoms with Gasteiger partial charge in [-0.2, -0.15) is 0 Å². The van der Waals surface area contributed by atoms with Gasteiger partial charge in [0.05, 0.1) is 5.52 Å². The minimum atomic E-state index is -0.175. The van der Waals surface area contributed by atoms with Gasteiger partial charge >= 0.3 is 5.69 Å². The molecule has 0 spiro atoms. The van der Waals surface area contributed by atoms with E-state index in [9.17, 15) is 9.59 Å². The largest absolute Gasteiger partial charge is 0.352 e. The van der Waals surface area contributed by atoms with E-state index in [1.165, 1.54) is 11.0 Å². The predicted molar refractivity (Wildman–Crippen MR) is 93.9 cm³/mol. The standard InChI is InChI=1S/C18H26N4O2/c1-12(2)22-17-15(9-6-10-19-17)21(18(22)24)11-16(23)20-14-8-5-4-7-13(14)3/h6,9-10,12-14H,4-5,7-8,11H2,1-3H3,(H,20,23)/t13-,14-/m0/s1. The van der Waals surface area contributed by atoms with E-state index in [2.05, 4.69) is 17.2 Å². The molecule has 1 N–H and O–H groups in total. The number of fused-ring (bicyclic) bond motifs is 1. The minimum Gasteiger partial charge on any atom is -0.352 e. The molecule has 1 saturated carbocycles. The lowest BCUT2D eigenvalue weighted by atomic mass is 9.86. The highest BCUT2D eigenvalue weighted by Crippen LogP contribution is 2.23. The zero-order valence-electron chi connectivity index (χ0n) is 14.7. The minimum absolute atomic E-state index is 0.00224. The summed E-state index contributed by atoms with van der Waals surface area (Å²) in [6.07, 6.45) is 6.25. The number of pyridine rings is 1. The normalized spacial score (nSPS) is 21.3. The third-order valence-corrected chi connectivity index (χ3v) is 5.00. The maximum absolute atomic E-state index is 12.7. The van der Waals surface area contributed by atoms with Gasteiger partial charge in [-0.15, -0.1) is 0 Å². The monoisotopic (exact) mass is 330 g/mol. The van der Waals surface area contributed by atoms with E-state index in [-0.39, 0.29) is 30.2 Å². The summed E-state index contributed by atoms with van der Waals surface area (Å²) >= 11 is 0. The van der Waals surface area contributed by atoms with E-state index in [4.69, 9.17) is 0 Å². The Morgan fingerprint density at radius 2 is 2.12 bits per heavy atom. The number of amides is 1. The van der Waals surface area contributed by atoms with E-state index in [1.54, 1.807) is 16.8 Å². The molecule has 24 heavy (non-hydrogen) atoms. The smallest absolute Gasteiger partial charge is 0.331 e. The van der Waals surface area contributed by atoms with Crippen molar-refractivity contribution in [3.63, 3.8) is 0 Å². The third-order valence-electron chi connectivity index (χ3n) is 5.00. The first-order valence-corrected chi connectivity index (χ1v) is 8.84. The average molecular weight is 330 g/mol. The molecular weight excluding hydrogens is 304 g/mol. The van der Waals surface area contributed by atoms with E-state index in [0.29, 0.717) is 17.1 Å². The topological polar surface area (TPSA) is 68.9 Å². The van der Waals surface area contributed by atoms with Gasteiger partial charge in [0.1, 0.15) is 6.54 Å². The van der Waals surface area contributed by atoms with Crippen molar-refractivity contribution in [1.29, 1.82) is 0 Å². The fraction of sp³-hybridized carbons (Fsp3) is 0.611. The third kappa shape index (κ3) is 3.09. The van der Waals surface area contributed by atoms with E-state index < -0.39 is 0 Å². The first-order chi connectivity index (χ1) is 11.5. The molecule has 1 aliphatic rings. The molecule has 1 amide bonds. The van der Waals surface area contributed by atoms with Crippen LogP contribution in [0.5, 0.6) is 0 Å². The van der Waals surface area contributed by atoms with Crippen LogP contribution in [0, 0.1) is 5.92 Å². The van der Waals surface area contributed by atoms with E-state index in [1.807, 2.05) is 19.9 Å². The summed E-state index contributed by atoms with van der Waals surface area (Å²) in [6.45, 7) is 6.13. The summed E-state index contributed by atoms with van der Waals surface area (Å²) in [5, 5.41) is 3.12. The van der Waals surface area contributed by atoms with Crippen molar-refractivity contribution in [1.82, 2.24) is 19.4 Å². The van der Waals surface area contributed by atoms with Crippen LogP contribution in [0.15, 0.2) is 23.1 Å². The molecule has 0 aliphatic heterocycles. The second-order valence-corrected chi connectivity index (χ2v) is 7.11. The summed E-state index contributed by atoms with van der Waals surface area (Å²) in [5.41, 5.74) is 1.17. The quantitative estimate of drug-likeness (QED) is 0.936. The highest BCUT2D eigenvalue weighted by Gasteiger charge is 2.24. The maximum Gasteiger partial charge on any atom is 0.331 e. The van der Waals surface area contributed by atoms with Gasteiger partial charge in [-0.3, -0.25) is 13.9 Å². The highest BCUT2D eigenvalue weighted by molar-refractivity contribution is 5.79. The van der Waals surface area contributed by atoms with Crippen LogP contribution >= 0.6 is 0 Å². The van der Waals surface area contributed by atoms with Crippen molar-refractivity contribution in [3.8, 4) is 0 Å². The van der Waals surface area contributed by atoms with Gasteiger partial charge in [0, 0.05) is 18.3 Å². The number of carbonyl (C=O) groups is 1. The number of nitrogens with zero attached hydrogens (tertiary/aromatic N) is 3. The zero-order valence-corrected chi connectivity index (χ0v) is 14.7. The highest BCUT2D eigenvalue weighted by atomic mass is 16.2. The van der Waals surface area contributed by atoms with Crippen molar-refractivity contribution in [2.45, 2.75) is 65.1 Å². The summed E-state index contributed by atoms with van der Waals surface area (Å²) in [6, 6.07) is 3.86. The number of aromatic nitrogens is 3. The van der Waals surface area contributed by atoms with Gasteiger partial charge < -0.3 is 5.32 Å². The lowest BCUT2D eigenvalue weighted by Gasteiger charge is -2.29. The van der Waals surface area contributed by atoms with Crippen molar-refractivity contribution >= 4 is 17.1 Å². The number of imidazole rings is 1. The van der Waals surface area contributed by atoms with Gasteiger partial charge in [0.2, 0.25) is 5.91 Å². The molecule has 1 fully saturated rings. The van der Waals surface area contributed by atoms with Crippen LogP contribution < -0.4 is 11.0 Å². The summed E-state index contributed by atoms with van der Waals surface area (Å²) in [5.74, 6) is 0.403. The zero-order chi connectivity index (χ0) is 17.3. The molecule has 0 unspecified atom stereocenters. The Balaban J connectivity index is 1.86. The van der Waals surface area contributed by atoms with Crippen LogP contribution in [0.4, 0.5) is 0 Å². The van der Waals surface area contributed by atoms with E-state index >= 15 is 0 Å². The molecule has 2 aromatic heterocycles. The number of carbonyl (C=O) groups excluding carboxylic acids is 1. The number of hydrogen-bond acceptors (Lipinski definition) is 3. The Morgan fingerprint density at radius 1 is 1.38 bits per heavy atom. The van der Waals surface area contributed by atoms with Gasteiger partial charge in [-0.25, -0.2) is 9.78 Å². The Labute approximate surface area is 141 Å². The predicted octanol–water partition coefficient (Wildman–Crippen LogP) is 2.47. The van der Waals surface area contributed by atoms with Crippen molar-refractivity contribution in [3.05, 3.63) is 28.8 Å². The van der Waals surface area contributed by atoms with Crippen LogP contribution in [-0.2, 0) is 11.3 Å². The van der Waals surface area contributed by atoms with Gasteiger partial charge in [-0.05, 0) is 44.7 Å². The maximum atomic E-state index is 12.7. The van der Waals surface area contributed by atoms with Crippen molar-refractivity contribution in [2.24, 2.45) is 5.92 Å². The van der Waals surface area contributed by atoms with E-state index in [0.717, 1.165) is 19.3 Å². The van der Waals surface area contributed by atoms with Crippen molar-refractivity contribution < 1.29 is 4.79 Å². The lowest BCUT2D eigenvalue weighted by Crippen LogP contribution is -2.43. The summed E-state index contributed by atoms with van der Waals surface area (Å²) in [4.78, 5) is 29.6. The SMILES string of the molecule is CC(C)n1c(=O)n(CC(=O)N[C@H]2CCCC[C@@H]2C)c2cccnc21.